The summed E-state index contributed by atoms with van der Waals surface area (Å²) >= 11 is 1.48. The van der Waals surface area contributed by atoms with Crippen LogP contribution in [-0.4, -0.2) is 67.7 Å². The van der Waals surface area contributed by atoms with Crippen molar-refractivity contribution >= 4 is 39.0 Å². The predicted molar refractivity (Wildman–Crippen MR) is 131 cm³/mol. The fourth-order valence-corrected chi connectivity index (χ4v) is 5.36. The van der Waals surface area contributed by atoms with Gasteiger partial charge in [0.05, 0.1) is 23.1 Å². The minimum Gasteiger partial charge on any atom is -0.495 e. The van der Waals surface area contributed by atoms with E-state index in [2.05, 4.69) is 32.8 Å². The highest BCUT2D eigenvalue weighted by Gasteiger charge is 2.26. The van der Waals surface area contributed by atoms with Crippen LogP contribution < -0.4 is 14.5 Å². The summed E-state index contributed by atoms with van der Waals surface area (Å²) in [6.45, 7) is 8.38. The lowest BCUT2D eigenvalue weighted by atomic mass is 10.1. The van der Waals surface area contributed by atoms with E-state index in [-0.39, 0.29) is 5.91 Å². The minimum atomic E-state index is 0.0749. The molecule has 0 bridgehead atoms. The topological polar surface area (TPSA) is 61.8 Å². The van der Waals surface area contributed by atoms with E-state index < -0.39 is 0 Å². The number of unbranched alkanes of at least 4 members (excludes halogenated alkanes) is 1. The number of fused-ring (bicyclic) bond motifs is 1. The number of hydrogen-bond donors (Lipinski definition) is 0. The number of amides is 1. The lowest BCUT2D eigenvalue weighted by Crippen LogP contribution is -2.47. The van der Waals surface area contributed by atoms with Crippen LogP contribution in [0.4, 0.5) is 11.5 Å². The molecule has 3 heterocycles. The van der Waals surface area contributed by atoms with Crippen molar-refractivity contribution in [2.45, 2.75) is 26.7 Å². The first-order valence-electron chi connectivity index (χ1n) is 11.2. The molecule has 170 valence electrons. The molecule has 0 spiro atoms. The predicted octanol–water partition coefficient (Wildman–Crippen LogP) is 4.21. The third-order valence-corrected chi connectivity index (χ3v) is 7.29. The Hall–Kier alpha value is -2.87. The Balaban J connectivity index is 1.57. The first kappa shape index (κ1) is 22.3. The number of nitrogens with zero attached hydrogens (tertiary/aromatic N) is 5. The van der Waals surface area contributed by atoms with Crippen LogP contribution in [0.1, 0.15) is 35.0 Å². The zero-order valence-electron chi connectivity index (χ0n) is 19.3. The van der Waals surface area contributed by atoms with Crippen molar-refractivity contribution in [2.24, 2.45) is 0 Å². The summed E-state index contributed by atoms with van der Waals surface area (Å²) in [6, 6.07) is 8.14. The van der Waals surface area contributed by atoms with Crippen LogP contribution in [0.3, 0.4) is 0 Å². The van der Waals surface area contributed by atoms with E-state index >= 15 is 0 Å². The van der Waals surface area contributed by atoms with E-state index in [1.54, 1.807) is 13.4 Å². The highest BCUT2D eigenvalue weighted by molar-refractivity contribution is 7.20. The largest absolute Gasteiger partial charge is 0.495 e. The van der Waals surface area contributed by atoms with Gasteiger partial charge in [0.25, 0.3) is 5.91 Å². The molecule has 0 radical (unpaired) electrons. The first-order valence-corrected chi connectivity index (χ1v) is 12.0. The average molecular weight is 454 g/mol. The van der Waals surface area contributed by atoms with Crippen LogP contribution in [0.15, 0.2) is 30.6 Å². The summed E-state index contributed by atoms with van der Waals surface area (Å²) < 4.78 is 5.54. The summed E-state index contributed by atoms with van der Waals surface area (Å²) in [5.74, 6) is 1.90. The quantitative estimate of drug-likeness (QED) is 0.534. The monoisotopic (exact) mass is 453 g/mol. The summed E-state index contributed by atoms with van der Waals surface area (Å²) in [5.41, 5.74) is 2.11. The molecule has 1 amide bonds. The number of carbonyl (C=O) groups excluding carboxylic acids is 1. The number of aryl methyl sites for hydroxylation is 1. The van der Waals surface area contributed by atoms with Crippen LogP contribution in [-0.2, 0) is 0 Å². The maximum Gasteiger partial charge on any atom is 0.264 e. The number of piperazine rings is 1. The molecule has 0 N–H and O–H groups in total. The van der Waals surface area contributed by atoms with Gasteiger partial charge in [-0.05, 0) is 31.0 Å². The molecule has 1 aromatic carbocycles. The molecule has 0 aliphatic carbocycles. The molecule has 0 atom stereocenters. The van der Waals surface area contributed by atoms with Crippen molar-refractivity contribution in [1.82, 2.24) is 14.9 Å². The molecule has 3 aromatic rings. The Morgan fingerprint density at radius 3 is 2.59 bits per heavy atom. The lowest BCUT2D eigenvalue weighted by molar-refractivity contribution is 0.0797. The molecular weight excluding hydrogens is 422 g/mol. The number of rotatable bonds is 7. The summed E-state index contributed by atoms with van der Waals surface area (Å²) in [6.07, 6.45) is 3.70. The average Bonchev–Trinajstić information content (AvgIpc) is 3.18. The van der Waals surface area contributed by atoms with Gasteiger partial charge < -0.3 is 19.4 Å². The summed E-state index contributed by atoms with van der Waals surface area (Å²) in [7, 11) is 3.59. The van der Waals surface area contributed by atoms with Gasteiger partial charge in [0.1, 0.15) is 22.7 Å². The fraction of sp³-hybridized carbons (Fsp3) is 0.458. The van der Waals surface area contributed by atoms with Gasteiger partial charge in [-0.2, -0.15) is 0 Å². The molecule has 1 aliphatic rings. The number of aromatic nitrogens is 2. The van der Waals surface area contributed by atoms with Crippen molar-refractivity contribution in [2.75, 3.05) is 56.7 Å². The second-order valence-electron chi connectivity index (χ2n) is 8.16. The zero-order chi connectivity index (χ0) is 22.7. The maximum atomic E-state index is 13.0. The number of carbonyl (C=O) groups is 1. The van der Waals surface area contributed by atoms with E-state index in [4.69, 9.17) is 4.74 Å². The molecule has 0 saturated carbocycles. The first-order chi connectivity index (χ1) is 15.5. The van der Waals surface area contributed by atoms with E-state index in [0.29, 0.717) is 0 Å². The van der Waals surface area contributed by atoms with Gasteiger partial charge in [0.2, 0.25) is 0 Å². The van der Waals surface area contributed by atoms with Gasteiger partial charge >= 0.3 is 0 Å². The lowest BCUT2D eigenvalue weighted by Gasteiger charge is -2.37. The highest BCUT2D eigenvalue weighted by atomic mass is 32.1. The molecule has 32 heavy (non-hydrogen) atoms. The van der Waals surface area contributed by atoms with Gasteiger partial charge in [-0.3, -0.25) is 4.79 Å². The van der Waals surface area contributed by atoms with Crippen molar-refractivity contribution in [3.63, 3.8) is 0 Å². The van der Waals surface area contributed by atoms with Gasteiger partial charge in [-0.25, -0.2) is 9.97 Å². The second kappa shape index (κ2) is 9.73. The van der Waals surface area contributed by atoms with E-state index in [1.807, 2.05) is 37.1 Å². The van der Waals surface area contributed by atoms with Crippen molar-refractivity contribution in [1.29, 1.82) is 0 Å². The third kappa shape index (κ3) is 4.24. The van der Waals surface area contributed by atoms with E-state index in [9.17, 15) is 4.79 Å². The summed E-state index contributed by atoms with van der Waals surface area (Å²) in [4.78, 5) is 30.3. The second-order valence-corrected chi connectivity index (χ2v) is 9.16. The highest BCUT2D eigenvalue weighted by Crippen LogP contribution is 2.36. The van der Waals surface area contributed by atoms with Crippen LogP contribution in [0.5, 0.6) is 5.75 Å². The number of anilines is 2. The van der Waals surface area contributed by atoms with E-state index in [0.717, 1.165) is 83.5 Å². The fourth-order valence-electron chi connectivity index (χ4n) is 4.22. The zero-order valence-corrected chi connectivity index (χ0v) is 20.1. The molecule has 4 rings (SSSR count). The minimum absolute atomic E-state index is 0.0749. The van der Waals surface area contributed by atoms with Crippen molar-refractivity contribution in [3.05, 3.63) is 41.0 Å². The molecule has 2 aromatic heterocycles. The molecule has 8 heteroatoms. The number of hydrogen-bond acceptors (Lipinski definition) is 7. The Morgan fingerprint density at radius 1 is 1.16 bits per heavy atom. The Bertz CT molecular complexity index is 1090. The van der Waals surface area contributed by atoms with Crippen LogP contribution in [0.2, 0.25) is 0 Å². The van der Waals surface area contributed by atoms with Crippen LogP contribution in [0, 0.1) is 6.92 Å². The summed E-state index contributed by atoms with van der Waals surface area (Å²) in [5, 5.41) is 1.01. The number of methoxy groups -OCH3 is 1. The maximum absolute atomic E-state index is 13.0. The number of para-hydroxylation sites is 2. The smallest absolute Gasteiger partial charge is 0.264 e. The Labute approximate surface area is 193 Å². The van der Waals surface area contributed by atoms with Crippen LogP contribution >= 0.6 is 11.3 Å². The van der Waals surface area contributed by atoms with Gasteiger partial charge in [-0.15, -0.1) is 11.3 Å². The van der Waals surface area contributed by atoms with Crippen molar-refractivity contribution in [3.8, 4) is 5.75 Å². The number of thiophene rings is 1. The Kier molecular flexibility index (Phi) is 6.79. The SMILES string of the molecule is CCCCN(C)C(=O)c1sc2ncnc(N3CCN(c4ccccc4OC)CC3)c2c1C. The number of benzene rings is 1. The van der Waals surface area contributed by atoms with E-state index in [1.165, 1.54) is 11.3 Å². The molecule has 1 aliphatic heterocycles. The Morgan fingerprint density at radius 2 is 1.88 bits per heavy atom. The standard InChI is InChI=1S/C24H31N5O2S/c1-5-6-11-27(3)24(30)21-17(2)20-22(25-16-26-23(20)32-21)29-14-12-28(13-15-29)18-9-7-8-10-19(18)31-4/h7-10,16H,5-6,11-15H2,1-4H3. The molecule has 7 nitrogen and oxygen atoms in total. The third-order valence-electron chi connectivity index (χ3n) is 6.10. The number of ether oxygens (including phenoxy) is 1. The van der Waals surface area contributed by atoms with Gasteiger partial charge in [0.15, 0.2) is 0 Å². The van der Waals surface area contributed by atoms with Gasteiger partial charge in [-0.1, -0.05) is 25.5 Å². The molecule has 1 saturated heterocycles. The van der Waals surface area contributed by atoms with Crippen LogP contribution in [0.25, 0.3) is 10.2 Å². The van der Waals surface area contributed by atoms with Crippen molar-refractivity contribution < 1.29 is 9.53 Å². The van der Waals surface area contributed by atoms with Gasteiger partial charge in [0, 0.05) is 39.8 Å². The molecule has 1 fully saturated rings. The normalized spacial score (nSPS) is 14.1. The molecule has 0 unspecified atom stereocenters. The molecular formula is C24H31N5O2S.